The molecule has 2 amide bonds. The Morgan fingerprint density at radius 1 is 1.65 bits per heavy atom. The zero-order chi connectivity index (χ0) is 14.7. The lowest BCUT2D eigenvalue weighted by molar-refractivity contribution is 0.0996. The van der Waals surface area contributed by atoms with Gasteiger partial charge in [0.1, 0.15) is 11.9 Å². The summed E-state index contributed by atoms with van der Waals surface area (Å²) < 4.78 is 18.6. The number of amides is 2. The van der Waals surface area contributed by atoms with Crippen molar-refractivity contribution in [2.45, 2.75) is 6.10 Å². The van der Waals surface area contributed by atoms with E-state index in [1.54, 1.807) is 0 Å². The monoisotopic (exact) mass is 279 g/mol. The predicted molar refractivity (Wildman–Crippen MR) is 66.5 cm³/mol. The number of primary amides is 1. The van der Waals surface area contributed by atoms with Gasteiger partial charge in [-0.15, -0.1) is 0 Å². The van der Waals surface area contributed by atoms with Gasteiger partial charge in [-0.25, -0.2) is 9.18 Å². The molecule has 2 rings (SSSR count). The predicted octanol–water partition coefficient (Wildman–Crippen LogP) is 1.56. The minimum atomic E-state index is -0.890. The van der Waals surface area contributed by atoms with Gasteiger partial charge in [0, 0.05) is 4.91 Å². The Balaban J connectivity index is 2.20. The summed E-state index contributed by atoms with van der Waals surface area (Å²) in [4.78, 5) is 26.3. The maximum absolute atomic E-state index is 13.6. The second-order valence-corrected chi connectivity index (χ2v) is 4.06. The molecule has 0 saturated carbocycles. The summed E-state index contributed by atoms with van der Waals surface area (Å²) in [6.45, 7) is 0.133. The number of nitrogens with zero attached hydrogens (tertiary/aromatic N) is 4. The van der Waals surface area contributed by atoms with Gasteiger partial charge in [-0.2, -0.15) is 0 Å². The third kappa shape index (κ3) is 2.62. The molecule has 1 heterocycles. The molecule has 8 nitrogen and oxygen atoms in total. The first-order chi connectivity index (χ1) is 9.52. The van der Waals surface area contributed by atoms with E-state index in [1.807, 2.05) is 0 Å². The second kappa shape index (κ2) is 5.45. The lowest BCUT2D eigenvalue weighted by Crippen LogP contribution is -2.25. The molecule has 104 valence electrons. The highest BCUT2D eigenvalue weighted by Gasteiger charge is 2.32. The largest absolute Gasteiger partial charge is 0.444 e. The van der Waals surface area contributed by atoms with E-state index in [9.17, 15) is 14.0 Å². The Labute approximate surface area is 112 Å². The van der Waals surface area contributed by atoms with Crippen LogP contribution in [0.1, 0.15) is 10.4 Å². The van der Waals surface area contributed by atoms with Gasteiger partial charge in [-0.05, 0) is 23.7 Å². The molecule has 1 fully saturated rings. The highest BCUT2D eigenvalue weighted by atomic mass is 19.1. The van der Waals surface area contributed by atoms with Crippen LogP contribution in [0, 0.1) is 5.82 Å². The molecule has 1 saturated heterocycles. The zero-order valence-electron chi connectivity index (χ0n) is 10.2. The Kier molecular flexibility index (Phi) is 3.72. The number of carbonyl (C=O) groups is 2. The molecule has 1 unspecified atom stereocenters. The van der Waals surface area contributed by atoms with Crippen molar-refractivity contribution >= 4 is 17.7 Å². The van der Waals surface area contributed by atoms with Gasteiger partial charge in [0.25, 0.3) is 5.91 Å². The van der Waals surface area contributed by atoms with Crippen LogP contribution in [-0.2, 0) is 4.74 Å². The SMILES string of the molecule is [N-]=[N+]=NCC1CN(c2ccc(C(N)=O)c(F)c2)C(=O)O1. The van der Waals surface area contributed by atoms with Crippen molar-refractivity contribution in [3.8, 4) is 0 Å². The number of cyclic esters (lactones) is 1. The lowest BCUT2D eigenvalue weighted by Gasteiger charge is -2.13. The summed E-state index contributed by atoms with van der Waals surface area (Å²) in [5.41, 5.74) is 13.2. The van der Waals surface area contributed by atoms with E-state index in [0.717, 1.165) is 6.07 Å². The van der Waals surface area contributed by atoms with Crippen LogP contribution in [0.5, 0.6) is 0 Å². The number of benzene rings is 1. The standard InChI is InChI=1S/C11H10FN5O3/c12-9-3-6(1-2-8(9)10(13)18)17-5-7(4-15-16-14)20-11(17)19/h1-3,7H,4-5H2,(H2,13,18). The van der Waals surface area contributed by atoms with E-state index in [-0.39, 0.29) is 24.3 Å². The molecule has 9 heteroatoms. The smallest absolute Gasteiger partial charge is 0.414 e. The molecule has 1 aromatic rings. The van der Waals surface area contributed by atoms with Gasteiger partial charge >= 0.3 is 6.09 Å². The van der Waals surface area contributed by atoms with Crippen molar-refractivity contribution < 1.29 is 18.7 Å². The van der Waals surface area contributed by atoms with Crippen molar-refractivity contribution in [2.75, 3.05) is 18.0 Å². The van der Waals surface area contributed by atoms with Gasteiger partial charge in [-0.1, -0.05) is 5.11 Å². The van der Waals surface area contributed by atoms with Crippen LogP contribution < -0.4 is 10.6 Å². The summed E-state index contributed by atoms with van der Waals surface area (Å²) in [6, 6.07) is 3.61. The van der Waals surface area contributed by atoms with E-state index in [4.69, 9.17) is 16.0 Å². The Morgan fingerprint density at radius 2 is 2.40 bits per heavy atom. The summed E-state index contributed by atoms with van der Waals surface area (Å²) >= 11 is 0. The van der Waals surface area contributed by atoms with E-state index < -0.39 is 23.9 Å². The minimum Gasteiger partial charge on any atom is -0.444 e. The lowest BCUT2D eigenvalue weighted by atomic mass is 10.1. The maximum Gasteiger partial charge on any atom is 0.414 e. The van der Waals surface area contributed by atoms with E-state index in [1.165, 1.54) is 17.0 Å². The van der Waals surface area contributed by atoms with Crippen LogP contribution in [0.4, 0.5) is 14.9 Å². The molecule has 1 aliphatic rings. The molecular formula is C11H10FN5O3. The third-order valence-corrected chi connectivity index (χ3v) is 2.75. The Morgan fingerprint density at radius 3 is 3.00 bits per heavy atom. The minimum absolute atomic E-state index is 0.000587. The summed E-state index contributed by atoms with van der Waals surface area (Å²) in [5.74, 6) is -1.71. The van der Waals surface area contributed by atoms with E-state index in [2.05, 4.69) is 10.0 Å². The van der Waals surface area contributed by atoms with Crippen LogP contribution >= 0.6 is 0 Å². The second-order valence-electron chi connectivity index (χ2n) is 4.06. The van der Waals surface area contributed by atoms with Gasteiger partial charge in [0.15, 0.2) is 0 Å². The first-order valence-electron chi connectivity index (χ1n) is 5.61. The van der Waals surface area contributed by atoms with Crippen molar-refractivity contribution in [1.82, 2.24) is 0 Å². The number of rotatable bonds is 4. The molecule has 0 aromatic heterocycles. The molecule has 1 aromatic carbocycles. The fraction of sp³-hybridized carbons (Fsp3) is 0.273. The van der Waals surface area contributed by atoms with Crippen molar-refractivity contribution in [3.05, 3.63) is 40.0 Å². The molecular weight excluding hydrogens is 269 g/mol. The molecule has 1 aliphatic heterocycles. The van der Waals surface area contributed by atoms with Gasteiger partial charge < -0.3 is 10.5 Å². The number of azide groups is 1. The fourth-order valence-electron chi connectivity index (χ4n) is 1.83. The number of nitrogens with two attached hydrogens (primary N) is 1. The summed E-state index contributed by atoms with van der Waals surface area (Å²) in [7, 11) is 0. The average molecular weight is 279 g/mol. The van der Waals surface area contributed by atoms with Gasteiger partial charge in [0.05, 0.1) is 24.3 Å². The van der Waals surface area contributed by atoms with Crippen LogP contribution in [0.2, 0.25) is 0 Å². The number of halogens is 1. The number of anilines is 1. The van der Waals surface area contributed by atoms with Gasteiger partial charge in [0.2, 0.25) is 0 Å². The third-order valence-electron chi connectivity index (χ3n) is 2.75. The van der Waals surface area contributed by atoms with E-state index >= 15 is 0 Å². The zero-order valence-corrected chi connectivity index (χ0v) is 10.2. The molecule has 0 bridgehead atoms. The number of hydrogen-bond acceptors (Lipinski definition) is 4. The number of ether oxygens (including phenoxy) is 1. The Bertz CT molecular complexity index is 614. The molecule has 0 spiro atoms. The van der Waals surface area contributed by atoms with Crippen LogP contribution in [0.25, 0.3) is 10.4 Å². The van der Waals surface area contributed by atoms with Crippen LogP contribution in [0.15, 0.2) is 23.3 Å². The quantitative estimate of drug-likeness (QED) is 0.511. The Hall–Kier alpha value is -2.80. The molecule has 1 atom stereocenters. The fourth-order valence-corrected chi connectivity index (χ4v) is 1.83. The van der Waals surface area contributed by atoms with Crippen LogP contribution in [0.3, 0.4) is 0 Å². The van der Waals surface area contributed by atoms with Crippen molar-refractivity contribution in [2.24, 2.45) is 10.8 Å². The molecule has 0 aliphatic carbocycles. The molecule has 0 radical (unpaired) electrons. The van der Waals surface area contributed by atoms with Crippen molar-refractivity contribution in [3.63, 3.8) is 0 Å². The molecule has 2 N–H and O–H groups in total. The summed E-state index contributed by atoms with van der Waals surface area (Å²) in [6.07, 6.45) is -1.26. The molecule has 20 heavy (non-hydrogen) atoms. The van der Waals surface area contributed by atoms with E-state index in [0.29, 0.717) is 0 Å². The average Bonchev–Trinajstić information content (AvgIpc) is 2.77. The first-order valence-corrected chi connectivity index (χ1v) is 5.61. The number of hydrogen-bond donors (Lipinski definition) is 1. The summed E-state index contributed by atoms with van der Waals surface area (Å²) in [5, 5.41) is 3.31. The van der Waals surface area contributed by atoms with Crippen molar-refractivity contribution in [1.29, 1.82) is 0 Å². The van der Waals surface area contributed by atoms with Gasteiger partial charge in [-0.3, -0.25) is 9.69 Å². The first kappa shape index (κ1) is 13.6. The highest BCUT2D eigenvalue weighted by Crippen LogP contribution is 2.24. The highest BCUT2D eigenvalue weighted by molar-refractivity contribution is 5.95. The maximum atomic E-state index is 13.6. The normalized spacial score (nSPS) is 17.6. The van der Waals surface area contributed by atoms with Crippen LogP contribution in [-0.4, -0.2) is 31.2 Å². The number of carbonyl (C=O) groups excluding carboxylic acids is 2. The topological polar surface area (TPSA) is 121 Å².